The fourth-order valence-electron chi connectivity index (χ4n) is 3.92. The highest BCUT2D eigenvalue weighted by Crippen LogP contribution is 2.45. The number of rotatable bonds is 5. The third-order valence-electron chi connectivity index (χ3n) is 5.18. The highest BCUT2D eigenvalue weighted by atomic mass is 79.9. The molecule has 2 nitrogen and oxygen atoms in total. The van der Waals surface area contributed by atoms with Gasteiger partial charge in [0.25, 0.3) is 0 Å². The zero-order chi connectivity index (χ0) is 16.3. The van der Waals surface area contributed by atoms with E-state index in [1.165, 1.54) is 12.8 Å². The van der Waals surface area contributed by atoms with Crippen LogP contribution >= 0.6 is 17.0 Å². The van der Waals surface area contributed by atoms with Crippen LogP contribution in [0.5, 0.6) is 0 Å². The van der Waals surface area contributed by atoms with Gasteiger partial charge in [-0.25, -0.2) is 0 Å². The van der Waals surface area contributed by atoms with Crippen molar-refractivity contribution >= 4 is 17.0 Å². The number of benzene rings is 2. The predicted molar refractivity (Wildman–Crippen MR) is 106 cm³/mol. The van der Waals surface area contributed by atoms with E-state index in [1.807, 2.05) is 60.7 Å². The van der Waals surface area contributed by atoms with Crippen molar-refractivity contribution in [2.45, 2.75) is 32.3 Å². The summed E-state index contributed by atoms with van der Waals surface area (Å²) in [5, 5.41) is 11.9. The Morgan fingerprint density at radius 3 is 1.67 bits per heavy atom. The van der Waals surface area contributed by atoms with Crippen LogP contribution in [0, 0.1) is 5.41 Å². The summed E-state index contributed by atoms with van der Waals surface area (Å²) in [4.78, 5) is 2.48. The molecule has 0 saturated carbocycles. The maximum absolute atomic E-state index is 11.9. The molecule has 1 heterocycles. The molecule has 3 heteroatoms. The van der Waals surface area contributed by atoms with Gasteiger partial charge in [-0.1, -0.05) is 74.5 Å². The van der Waals surface area contributed by atoms with Crippen LogP contribution in [0.1, 0.15) is 37.8 Å². The maximum atomic E-state index is 11.9. The molecule has 0 atom stereocenters. The Hall–Kier alpha value is -1.16. The molecule has 130 valence electrons. The van der Waals surface area contributed by atoms with Gasteiger partial charge in [0.15, 0.2) is 0 Å². The third kappa shape index (κ3) is 3.58. The molecular formula is C21H28BrNO. The highest BCUT2D eigenvalue weighted by molar-refractivity contribution is 8.93. The van der Waals surface area contributed by atoms with Crippen molar-refractivity contribution in [1.29, 1.82) is 0 Å². The number of likely N-dealkylation sites (tertiary alicyclic amines) is 1. The highest BCUT2D eigenvalue weighted by Gasteiger charge is 2.47. The zero-order valence-electron chi connectivity index (χ0n) is 14.6. The van der Waals surface area contributed by atoms with Crippen LogP contribution in [0.3, 0.4) is 0 Å². The van der Waals surface area contributed by atoms with Gasteiger partial charge >= 0.3 is 0 Å². The van der Waals surface area contributed by atoms with Crippen molar-refractivity contribution in [3.8, 4) is 0 Å². The van der Waals surface area contributed by atoms with Gasteiger partial charge in [0.1, 0.15) is 5.60 Å². The van der Waals surface area contributed by atoms with Crippen LogP contribution in [0.25, 0.3) is 0 Å². The first-order valence-corrected chi connectivity index (χ1v) is 8.60. The number of hydrogen-bond acceptors (Lipinski definition) is 2. The lowest BCUT2D eigenvalue weighted by Gasteiger charge is -2.45. The Bertz CT molecular complexity index is 581. The normalized spacial score (nSPS) is 16.0. The Morgan fingerprint density at radius 1 is 0.833 bits per heavy atom. The molecule has 1 saturated heterocycles. The van der Waals surface area contributed by atoms with Crippen LogP contribution in [0.4, 0.5) is 0 Å². The van der Waals surface area contributed by atoms with Crippen molar-refractivity contribution in [3.05, 3.63) is 71.8 Å². The van der Waals surface area contributed by atoms with Crippen LogP contribution in [-0.2, 0) is 5.60 Å². The lowest BCUT2D eigenvalue weighted by Crippen LogP contribution is -2.49. The van der Waals surface area contributed by atoms with Gasteiger partial charge < -0.3 is 10.0 Å². The second-order valence-electron chi connectivity index (χ2n) is 7.31. The van der Waals surface area contributed by atoms with Gasteiger partial charge in [-0.05, 0) is 37.1 Å². The van der Waals surface area contributed by atoms with Gasteiger partial charge in [0, 0.05) is 12.0 Å². The molecule has 0 bridgehead atoms. The maximum Gasteiger partial charge on any atom is 0.121 e. The molecule has 0 spiro atoms. The summed E-state index contributed by atoms with van der Waals surface area (Å²) >= 11 is 0. The molecule has 0 amide bonds. The Morgan fingerprint density at radius 2 is 1.25 bits per heavy atom. The van der Waals surface area contributed by atoms with Crippen LogP contribution < -0.4 is 0 Å². The first-order chi connectivity index (χ1) is 11.0. The summed E-state index contributed by atoms with van der Waals surface area (Å²) in [6.07, 6.45) is 2.54. The summed E-state index contributed by atoms with van der Waals surface area (Å²) in [5.41, 5.74) is 0.642. The molecule has 0 unspecified atom stereocenters. The minimum atomic E-state index is -1.00. The standard InChI is InChI=1S/C21H27NO.BrH/c1-20(2,17-22-15-9-10-16-22)21(23,18-11-5-3-6-12-18)19-13-7-4-8-14-19;/h3-8,11-14,23H,9-10,15-17H2,1-2H3;1H. The van der Waals surface area contributed by atoms with Crippen LogP contribution in [0.15, 0.2) is 60.7 Å². The molecule has 0 radical (unpaired) electrons. The summed E-state index contributed by atoms with van der Waals surface area (Å²) in [6.45, 7) is 7.55. The number of aliphatic hydroxyl groups is 1. The third-order valence-corrected chi connectivity index (χ3v) is 5.18. The van der Waals surface area contributed by atoms with E-state index in [4.69, 9.17) is 0 Å². The van der Waals surface area contributed by atoms with Crippen molar-refractivity contribution < 1.29 is 5.11 Å². The smallest absolute Gasteiger partial charge is 0.121 e. The topological polar surface area (TPSA) is 23.5 Å². The fourth-order valence-corrected chi connectivity index (χ4v) is 3.92. The van der Waals surface area contributed by atoms with E-state index in [-0.39, 0.29) is 22.4 Å². The van der Waals surface area contributed by atoms with Crippen molar-refractivity contribution in [2.24, 2.45) is 5.41 Å². The lowest BCUT2D eigenvalue weighted by molar-refractivity contribution is -0.0514. The van der Waals surface area contributed by atoms with Crippen molar-refractivity contribution in [2.75, 3.05) is 19.6 Å². The molecule has 2 aromatic rings. The molecule has 1 N–H and O–H groups in total. The fraction of sp³-hybridized carbons (Fsp3) is 0.429. The van der Waals surface area contributed by atoms with E-state index in [0.717, 1.165) is 30.8 Å². The monoisotopic (exact) mass is 389 g/mol. The number of nitrogens with zero attached hydrogens (tertiary/aromatic N) is 1. The quantitative estimate of drug-likeness (QED) is 0.805. The number of halogens is 1. The van der Waals surface area contributed by atoms with Gasteiger partial charge in [0.05, 0.1) is 0 Å². The van der Waals surface area contributed by atoms with Crippen molar-refractivity contribution in [3.63, 3.8) is 0 Å². The van der Waals surface area contributed by atoms with E-state index in [0.29, 0.717) is 0 Å². The average molecular weight is 390 g/mol. The predicted octanol–water partition coefficient (Wildman–Crippen LogP) is 4.62. The van der Waals surface area contributed by atoms with Crippen molar-refractivity contribution in [1.82, 2.24) is 4.90 Å². The summed E-state index contributed by atoms with van der Waals surface area (Å²) in [5.74, 6) is 0. The number of hydrogen-bond donors (Lipinski definition) is 1. The van der Waals surface area contributed by atoms with Gasteiger partial charge in [-0.15, -0.1) is 17.0 Å². The average Bonchev–Trinajstić information content (AvgIpc) is 3.08. The molecule has 0 aromatic heterocycles. The van der Waals surface area contributed by atoms with E-state index in [9.17, 15) is 5.11 Å². The largest absolute Gasteiger partial charge is 0.380 e. The SMILES string of the molecule is Br.CC(C)(CN1CCCC1)C(O)(c1ccccc1)c1ccccc1. The molecule has 2 aromatic carbocycles. The molecule has 0 aliphatic carbocycles. The van der Waals surface area contributed by atoms with Gasteiger partial charge in [0.2, 0.25) is 0 Å². The summed E-state index contributed by atoms with van der Waals surface area (Å²) < 4.78 is 0. The molecule has 3 rings (SSSR count). The van der Waals surface area contributed by atoms with E-state index >= 15 is 0 Å². The van der Waals surface area contributed by atoms with E-state index in [1.54, 1.807) is 0 Å². The molecule has 1 aliphatic rings. The Kier molecular flexibility index (Phi) is 6.24. The summed E-state index contributed by atoms with van der Waals surface area (Å²) in [6, 6.07) is 20.2. The lowest BCUT2D eigenvalue weighted by atomic mass is 9.67. The Labute approximate surface area is 156 Å². The van der Waals surface area contributed by atoms with Gasteiger partial charge in [-0.3, -0.25) is 0 Å². The van der Waals surface area contributed by atoms with E-state index < -0.39 is 5.60 Å². The molecule has 1 aliphatic heterocycles. The second-order valence-corrected chi connectivity index (χ2v) is 7.31. The Balaban J connectivity index is 0.00000208. The first kappa shape index (κ1) is 19.2. The van der Waals surface area contributed by atoms with E-state index in [2.05, 4.69) is 18.7 Å². The molecule has 24 heavy (non-hydrogen) atoms. The molecular weight excluding hydrogens is 362 g/mol. The zero-order valence-corrected chi connectivity index (χ0v) is 16.3. The first-order valence-electron chi connectivity index (χ1n) is 8.60. The minimum Gasteiger partial charge on any atom is -0.380 e. The molecule has 1 fully saturated rings. The second kappa shape index (κ2) is 7.81. The van der Waals surface area contributed by atoms with Gasteiger partial charge in [-0.2, -0.15) is 0 Å². The van der Waals surface area contributed by atoms with Crippen LogP contribution in [-0.4, -0.2) is 29.6 Å². The van der Waals surface area contributed by atoms with Crippen LogP contribution in [0.2, 0.25) is 0 Å². The summed E-state index contributed by atoms with van der Waals surface area (Å²) in [7, 11) is 0. The minimum absolute atomic E-state index is 0.